The fraction of sp³-hybridized carbons (Fsp3) is 0.444. The Kier molecular flexibility index (Phi) is 5.17. The Bertz CT molecular complexity index is 729. The van der Waals surface area contributed by atoms with Crippen molar-refractivity contribution in [2.75, 3.05) is 6.54 Å². The summed E-state index contributed by atoms with van der Waals surface area (Å²) >= 11 is 0. The first-order valence-corrected chi connectivity index (χ1v) is 7.93. The maximum atomic E-state index is 12.4. The summed E-state index contributed by atoms with van der Waals surface area (Å²) in [5, 5.41) is 5.81. The monoisotopic (exact) mass is 332 g/mol. The minimum absolute atomic E-state index is 0.0923. The molecule has 0 aliphatic rings. The first kappa shape index (κ1) is 17.8. The van der Waals surface area contributed by atoms with Gasteiger partial charge in [0.1, 0.15) is 0 Å². The van der Waals surface area contributed by atoms with Crippen molar-refractivity contribution in [1.82, 2.24) is 10.6 Å². The zero-order chi connectivity index (χ0) is 17.9. The number of hydrogen-bond donors (Lipinski definition) is 2. The number of hydrogen-bond acceptors (Lipinski definition) is 4. The van der Waals surface area contributed by atoms with Crippen LogP contribution in [0.25, 0.3) is 0 Å². The van der Waals surface area contributed by atoms with E-state index in [1.165, 1.54) is 12.5 Å². The molecule has 6 heteroatoms. The largest absolute Gasteiger partial charge is 0.459 e. The van der Waals surface area contributed by atoms with Gasteiger partial charge in [0.05, 0.1) is 18.1 Å². The molecule has 0 aromatic carbocycles. The van der Waals surface area contributed by atoms with Crippen LogP contribution < -0.4 is 10.6 Å². The molecule has 2 aromatic rings. The molecule has 2 N–H and O–H groups in total. The van der Waals surface area contributed by atoms with Crippen LogP contribution in [-0.2, 0) is 0 Å². The molecule has 130 valence electrons. The van der Waals surface area contributed by atoms with Gasteiger partial charge in [-0.2, -0.15) is 0 Å². The van der Waals surface area contributed by atoms with Gasteiger partial charge in [-0.1, -0.05) is 13.8 Å². The fourth-order valence-corrected chi connectivity index (χ4v) is 2.26. The number of furan rings is 2. The third-order valence-corrected chi connectivity index (χ3v) is 4.43. The van der Waals surface area contributed by atoms with Gasteiger partial charge in [0.15, 0.2) is 11.5 Å². The SMILES string of the molecule is Cc1ccoc1C(=O)NC[C@](C)(NC(=O)c1occc1C)C(C)C. The van der Waals surface area contributed by atoms with Gasteiger partial charge in [0.25, 0.3) is 11.8 Å². The van der Waals surface area contributed by atoms with E-state index in [4.69, 9.17) is 8.83 Å². The molecule has 0 radical (unpaired) electrons. The second kappa shape index (κ2) is 6.95. The molecule has 24 heavy (non-hydrogen) atoms. The zero-order valence-electron chi connectivity index (χ0n) is 14.7. The molecular formula is C18H24N2O4. The first-order valence-electron chi connectivity index (χ1n) is 7.93. The summed E-state index contributed by atoms with van der Waals surface area (Å²) in [5.41, 5.74) is 0.912. The van der Waals surface area contributed by atoms with Crippen LogP contribution in [0.5, 0.6) is 0 Å². The van der Waals surface area contributed by atoms with E-state index in [-0.39, 0.29) is 35.8 Å². The molecule has 2 amide bonds. The normalized spacial score (nSPS) is 13.6. The van der Waals surface area contributed by atoms with Crippen molar-refractivity contribution in [2.45, 2.75) is 40.2 Å². The number of nitrogens with one attached hydrogen (secondary N) is 2. The Balaban J connectivity index is 2.07. The summed E-state index contributed by atoms with van der Waals surface area (Å²) in [6.45, 7) is 9.76. The molecule has 0 aliphatic carbocycles. The third-order valence-electron chi connectivity index (χ3n) is 4.43. The molecule has 0 spiro atoms. The quantitative estimate of drug-likeness (QED) is 0.851. The van der Waals surface area contributed by atoms with Gasteiger partial charge in [-0.15, -0.1) is 0 Å². The topological polar surface area (TPSA) is 84.5 Å². The Morgan fingerprint density at radius 3 is 1.96 bits per heavy atom. The second-order valence-corrected chi connectivity index (χ2v) is 6.57. The van der Waals surface area contributed by atoms with Gasteiger partial charge < -0.3 is 19.5 Å². The molecule has 2 rings (SSSR count). The van der Waals surface area contributed by atoms with Crippen molar-refractivity contribution in [3.05, 3.63) is 47.3 Å². The standard InChI is InChI=1S/C18H24N2O4/c1-11(2)18(5,20-17(22)15-13(4)7-9-24-15)10-19-16(21)14-12(3)6-8-23-14/h6-9,11H,10H2,1-5H3,(H,19,21)(H,20,22)/t18-/m0/s1. The van der Waals surface area contributed by atoms with Crippen LogP contribution in [0, 0.1) is 19.8 Å². The van der Waals surface area contributed by atoms with Crippen molar-refractivity contribution in [1.29, 1.82) is 0 Å². The van der Waals surface area contributed by atoms with Gasteiger partial charge in [0.2, 0.25) is 0 Å². The van der Waals surface area contributed by atoms with Crippen LogP contribution >= 0.6 is 0 Å². The lowest BCUT2D eigenvalue weighted by Gasteiger charge is -2.34. The van der Waals surface area contributed by atoms with Crippen LogP contribution in [0.1, 0.15) is 53.0 Å². The lowest BCUT2D eigenvalue weighted by molar-refractivity contribution is 0.0814. The van der Waals surface area contributed by atoms with Gasteiger partial charge in [-0.25, -0.2) is 0 Å². The highest BCUT2D eigenvalue weighted by Crippen LogP contribution is 2.18. The maximum Gasteiger partial charge on any atom is 0.287 e. The lowest BCUT2D eigenvalue weighted by Crippen LogP contribution is -2.57. The first-order chi connectivity index (χ1) is 11.2. The van der Waals surface area contributed by atoms with Gasteiger partial charge in [0, 0.05) is 17.7 Å². The second-order valence-electron chi connectivity index (χ2n) is 6.57. The van der Waals surface area contributed by atoms with E-state index in [1.54, 1.807) is 12.1 Å². The van der Waals surface area contributed by atoms with Crippen LogP contribution in [0.3, 0.4) is 0 Å². The van der Waals surface area contributed by atoms with Crippen molar-refractivity contribution in [3.63, 3.8) is 0 Å². The summed E-state index contributed by atoms with van der Waals surface area (Å²) in [6.07, 6.45) is 2.96. The average Bonchev–Trinajstić information content (AvgIpc) is 3.13. The average molecular weight is 332 g/mol. The number of aryl methyl sites for hydroxylation is 2. The number of carbonyl (C=O) groups is 2. The van der Waals surface area contributed by atoms with Crippen LogP contribution in [0.15, 0.2) is 33.5 Å². The van der Waals surface area contributed by atoms with E-state index in [2.05, 4.69) is 10.6 Å². The molecule has 0 saturated heterocycles. The molecule has 2 heterocycles. The minimum atomic E-state index is -0.632. The summed E-state index contributed by atoms with van der Waals surface area (Å²) in [5.74, 6) is 0.0732. The van der Waals surface area contributed by atoms with Gasteiger partial charge >= 0.3 is 0 Å². The van der Waals surface area contributed by atoms with Crippen LogP contribution in [-0.4, -0.2) is 23.9 Å². The minimum Gasteiger partial charge on any atom is -0.459 e. The van der Waals surface area contributed by atoms with E-state index in [1.807, 2.05) is 34.6 Å². The summed E-state index contributed by atoms with van der Waals surface area (Å²) in [4.78, 5) is 24.7. The molecule has 0 bridgehead atoms. The predicted octanol–water partition coefficient (Wildman–Crippen LogP) is 3.06. The van der Waals surface area contributed by atoms with Crippen molar-refractivity contribution >= 4 is 11.8 Å². The van der Waals surface area contributed by atoms with Crippen molar-refractivity contribution in [3.8, 4) is 0 Å². The Morgan fingerprint density at radius 1 is 1.04 bits per heavy atom. The molecular weight excluding hydrogens is 308 g/mol. The molecule has 0 aliphatic heterocycles. The maximum absolute atomic E-state index is 12.4. The molecule has 0 saturated carbocycles. The fourth-order valence-electron chi connectivity index (χ4n) is 2.26. The third kappa shape index (κ3) is 3.69. The number of amides is 2. The van der Waals surface area contributed by atoms with Crippen LogP contribution in [0.2, 0.25) is 0 Å². The number of carbonyl (C=O) groups excluding carboxylic acids is 2. The summed E-state index contributed by atoms with van der Waals surface area (Å²) < 4.78 is 10.4. The molecule has 0 unspecified atom stereocenters. The predicted molar refractivity (Wildman–Crippen MR) is 89.9 cm³/mol. The summed E-state index contributed by atoms with van der Waals surface area (Å²) in [7, 11) is 0. The Morgan fingerprint density at radius 2 is 1.54 bits per heavy atom. The molecule has 6 nitrogen and oxygen atoms in total. The van der Waals surface area contributed by atoms with Crippen molar-refractivity contribution < 1.29 is 18.4 Å². The van der Waals surface area contributed by atoms with Crippen molar-refractivity contribution in [2.24, 2.45) is 5.92 Å². The van der Waals surface area contributed by atoms with E-state index < -0.39 is 5.54 Å². The molecule has 1 atom stereocenters. The van der Waals surface area contributed by atoms with E-state index in [9.17, 15) is 9.59 Å². The van der Waals surface area contributed by atoms with E-state index in [0.29, 0.717) is 0 Å². The highest BCUT2D eigenvalue weighted by atomic mass is 16.3. The van der Waals surface area contributed by atoms with Gasteiger partial charge in [-0.05, 0) is 38.8 Å². The summed E-state index contributed by atoms with van der Waals surface area (Å²) in [6, 6.07) is 3.47. The van der Waals surface area contributed by atoms with Crippen LogP contribution in [0.4, 0.5) is 0 Å². The smallest absolute Gasteiger partial charge is 0.287 e. The highest BCUT2D eigenvalue weighted by molar-refractivity contribution is 5.94. The van der Waals surface area contributed by atoms with E-state index in [0.717, 1.165) is 11.1 Å². The zero-order valence-corrected chi connectivity index (χ0v) is 14.7. The number of rotatable bonds is 6. The highest BCUT2D eigenvalue weighted by Gasteiger charge is 2.32. The molecule has 0 fully saturated rings. The van der Waals surface area contributed by atoms with Gasteiger partial charge in [-0.3, -0.25) is 9.59 Å². The lowest BCUT2D eigenvalue weighted by atomic mass is 9.88. The van der Waals surface area contributed by atoms with E-state index >= 15 is 0 Å². The molecule has 2 aromatic heterocycles. The Labute approximate surface area is 141 Å². The Hall–Kier alpha value is -2.50.